The van der Waals surface area contributed by atoms with Crippen LogP contribution in [0.25, 0.3) is 10.8 Å². The average molecular weight is 193 g/mol. The maximum absolute atomic E-state index is 9.41. The van der Waals surface area contributed by atoms with Crippen LogP contribution in [0.4, 0.5) is 0 Å². The van der Waals surface area contributed by atoms with Crippen LogP contribution in [-0.2, 0) is 0 Å². The van der Waals surface area contributed by atoms with Crippen molar-refractivity contribution in [2.75, 3.05) is 0 Å². The Morgan fingerprint density at radius 3 is 2.36 bits per heavy atom. The Kier molecular flexibility index (Phi) is 1.60. The zero-order chi connectivity index (χ0) is 10.3. The van der Waals surface area contributed by atoms with E-state index in [0.29, 0.717) is 0 Å². The number of nitrogens with zero attached hydrogens (tertiary/aromatic N) is 1. The lowest BCUT2D eigenvalue weighted by atomic mass is 10.1. The van der Waals surface area contributed by atoms with Crippen molar-refractivity contribution in [3.8, 4) is 23.1 Å². The molecule has 1 aromatic heterocycles. The fourth-order valence-electron chi connectivity index (χ4n) is 1.26. The summed E-state index contributed by atoms with van der Waals surface area (Å²) in [6, 6.07) is 2.55. The van der Waals surface area contributed by atoms with Gasteiger partial charge in [-0.1, -0.05) is 0 Å². The SMILES string of the molecule is Oc1cc2c(O)nccc2c(O)c1O. The molecule has 0 amide bonds. The number of rotatable bonds is 0. The molecule has 2 rings (SSSR count). The first-order valence-corrected chi connectivity index (χ1v) is 3.83. The zero-order valence-electron chi connectivity index (χ0n) is 6.97. The van der Waals surface area contributed by atoms with Gasteiger partial charge >= 0.3 is 0 Å². The summed E-state index contributed by atoms with van der Waals surface area (Å²) in [5.74, 6) is -1.90. The van der Waals surface area contributed by atoms with E-state index in [1.165, 1.54) is 12.3 Å². The fourth-order valence-corrected chi connectivity index (χ4v) is 1.26. The molecule has 5 nitrogen and oxygen atoms in total. The van der Waals surface area contributed by atoms with Crippen molar-refractivity contribution >= 4 is 10.8 Å². The molecule has 4 N–H and O–H groups in total. The molecule has 5 heteroatoms. The van der Waals surface area contributed by atoms with Gasteiger partial charge in [-0.15, -0.1) is 0 Å². The van der Waals surface area contributed by atoms with E-state index in [4.69, 9.17) is 0 Å². The number of phenolic OH excluding ortho intramolecular Hbond substituents is 3. The highest BCUT2D eigenvalue weighted by Gasteiger charge is 2.13. The van der Waals surface area contributed by atoms with Gasteiger partial charge in [0.05, 0.1) is 5.39 Å². The van der Waals surface area contributed by atoms with Crippen LogP contribution in [-0.4, -0.2) is 25.4 Å². The largest absolute Gasteiger partial charge is 0.504 e. The third-order valence-electron chi connectivity index (χ3n) is 1.97. The topological polar surface area (TPSA) is 93.8 Å². The van der Waals surface area contributed by atoms with Crippen LogP contribution in [0, 0.1) is 0 Å². The van der Waals surface area contributed by atoms with E-state index in [0.717, 1.165) is 6.07 Å². The van der Waals surface area contributed by atoms with Crippen LogP contribution in [0.15, 0.2) is 18.3 Å². The standard InChI is InChI=1S/C9H7NO4/c11-6-3-5-4(7(12)8(6)13)1-2-10-9(5)14/h1-3,11-13H,(H,10,14). The Bertz CT molecular complexity index is 510. The van der Waals surface area contributed by atoms with Crippen LogP contribution in [0.2, 0.25) is 0 Å². The normalized spacial score (nSPS) is 10.6. The first kappa shape index (κ1) is 8.43. The third kappa shape index (κ3) is 0.990. The molecule has 0 unspecified atom stereocenters. The van der Waals surface area contributed by atoms with Crippen molar-refractivity contribution in [3.63, 3.8) is 0 Å². The predicted molar refractivity (Wildman–Crippen MR) is 48.4 cm³/mol. The van der Waals surface area contributed by atoms with E-state index in [1.807, 2.05) is 0 Å². The molecule has 72 valence electrons. The van der Waals surface area contributed by atoms with E-state index < -0.39 is 17.2 Å². The maximum Gasteiger partial charge on any atom is 0.219 e. The second-order valence-electron chi connectivity index (χ2n) is 2.82. The van der Waals surface area contributed by atoms with Gasteiger partial charge in [0.25, 0.3) is 0 Å². The lowest BCUT2D eigenvalue weighted by molar-refractivity contribution is 0.371. The highest BCUT2D eigenvalue weighted by molar-refractivity contribution is 5.95. The number of phenols is 3. The van der Waals surface area contributed by atoms with Gasteiger partial charge in [-0.3, -0.25) is 0 Å². The number of hydrogen-bond donors (Lipinski definition) is 4. The molecule has 1 aromatic carbocycles. The zero-order valence-corrected chi connectivity index (χ0v) is 6.97. The second kappa shape index (κ2) is 2.66. The Morgan fingerprint density at radius 2 is 1.64 bits per heavy atom. The number of aromatic nitrogens is 1. The van der Waals surface area contributed by atoms with E-state index in [1.54, 1.807) is 0 Å². The van der Waals surface area contributed by atoms with Crippen molar-refractivity contribution in [1.82, 2.24) is 4.98 Å². The van der Waals surface area contributed by atoms with Gasteiger partial charge < -0.3 is 20.4 Å². The number of pyridine rings is 1. The van der Waals surface area contributed by atoms with Crippen LogP contribution in [0.5, 0.6) is 23.1 Å². The van der Waals surface area contributed by atoms with Crippen LogP contribution < -0.4 is 0 Å². The van der Waals surface area contributed by atoms with Crippen molar-refractivity contribution in [3.05, 3.63) is 18.3 Å². The summed E-state index contributed by atoms with van der Waals surface area (Å²) in [6.45, 7) is 0. The summed E-state index contributed by atoms with van der Waals surface area (Å²) in [5.41, 5.74) is 0. The molecule has 0 saturated heterocycles. The molecule has 0 bridgehead atoms. The molecule has 2 aromatic rings. The Balaban J connectivity index is 2.98. The van der Waals surface area contributed by atoms with Gasteiger partial charge in [0.15, 0.2) is 11.5 Å². The summed E-state index contributed by atoms with van der Waals surface area (Å²) in [5, 5.41) is 37.5. The monoisotopic (exact) mass is 193 g/mol. The predicted octanol–water partition coefficient (Wildman–Crippen LogP) is 1.06. The quantitative estimate of drug-likeness (QED) is 0.469. The summed E-state index contributed by atoms with van der Waals surface area (Å²) < 4.78 is 0. The molecular weight excluding hydrogens is 186 g/mol. The summed E-state index contributed by atoms with van der Waals surface area (Å²) in [6.07, 6.45) is 1.29. The maximum atomic E-state index is 9.41. The number of aromatic hydroxyl groups is 4. The second-order valence-corrected chi connectivity index (χ2v) is 2.82. The molecule has 0 aliphatic carbocycles. The highest BCUT2D eigenvalue weighted by Crippen LogP contribution is 2.42. The summed E-state index contributed by atoms with van der Waals surface area (Å²) in [7, 11) is 0. The Morgan fingerprint density at radius 1 is 0.929 bits per heavy atom. The van der Waals surface area contributed by atoms with Crippen molar-refractivity contribution in [1.29, 1.82) is 0 Å². The van der Waals surface area contributed by atoms with Crippen molar-refractivity contribution in [2.24, 2.45) is 0 Å². The van der Waals surface area contributed by atoms with E-state index in [2.05, 4.69) is 4.98 Å². The molecule has 0 radical (unpaired) electrons. The molecular formula is C9H7NO4. The third-order valence-corrected chi connectivity index (χ3v) is 1.97. The molecule has 1 heterocycles. The van der Waals surface area contributed by atoms with Gasteiger partial charge in [-0.25, -0.2) is 4.98 Å². The Hall–Kier alpha value is -2.17. The average Bonchev–Trinajstić information content (AvgIpc) is 2.17. The lowest BCUT2D eigenvalue weighted by Gasteiger charge is -2.05. The molecule has 0 aliphatic heterocycles. The molecule has 14 heavy (non-hydrogen) atoms. The molecule has 0 spiro atoms. The smallest absolute Gasteiger partial charge is 0.219 e. The van der Waals surface area contributed by atoms with E-state index in [-0.39, 0.29) is 16.7 Å². The first-order chi connectivity index (χ1) is 6.61. The molecule has 0 aliphatic rings. The van der Waals surface area contributed by atoms with Crippen molar-refractivity contribution < 1.29 is 20.4 Å². The highest BCUT2D eigenvalue weighted by atomic mass is 16.3. The molecule has 0 fully saturated rings. The fraction of sp³-hybridized carbons (Fsp3) is 0. The minimum Gasteiger partial charge on any atom is -0.504 e. The number of fused-ring (bicyclic) bond motifs is 1. The first-order valence-electron chi connectivity index (χ1n) is 3.83. The molecule has 0 saturated carbocycles. The van der Waals surface area contributed by atoms with Gasteiger partial charge in [0, 0.05) is 11.6 Å². The van der Waals surface area contributed by atoms with E-state index >= 15 is 0 Å². The number of benzene rings is 1. The Labute approximate surface area is 78.5 Å². The lowest BCUT2D eigenvalue weighted by Crippen LogP contribution is -1.80. The molecule has 0 atom stereocenters. The van der Waals surface area contributed by atoms with Crippen molar-refractivity contribution in [2.45, 2.75) is 0 Å². The van der Waals surface area contributed by atoms with Gasteiger partial charge in [0.2, 0.25) is 11.6 Å². The minimum atomic E-state index is -0.608. The van der Waals surface area contributed by atoms with Crippen LogP contribution >= 0.6 is 0 Å². The summed E-state index contributed by atoms with van der Waals surface area (Å²) >= 11 is 0. The number of hydrogen-bond acceptors (Lipinski definition) is 5. The summed E-state index contributed by atoms with van der Waals surface area (Å²) in [4.78, 5) is 3.57. The van der Waals surface area contributed by atoms with Gasteiger partial charge in [-0.05, 0) is 12.1 Å². The van der Waals surface area contributed by atoms with Gasteiger partial charge in [0.1, 0.15) is 0 Å². The minimum absolute atomic E-state index is 0.181. The van der Waals surface area contributed by atoms with Gasteiger partial charge in [-0.2, -0.15) is 0 Å². The van der Waals surface area contributed by atoms with Crippen LogP contribution in [0.1, 0.15) is 0 Å². The van der Waals surface area contributed by atoms with Crippen LogP contribution in [0.3, 0.4) is 0 Å². The van der Waals surface area contributed by atoms with E-state index in [9.17, 15) is 20.4 Å².